The molecule has 1 fully saturated rings. The summed E-state index contributed by atoms with van der Waals surface area (Å²) in [6.45, 7) is 4.23. The van der Waals surface area contributed by atoms with Crippen molar-refractivity contribution in [1.29, 1.82) is 0 Å². The molecule has 1 aliphatic heterocycles. The molecular weight excluding hydrogens is 264 g/mol. The Morgan fingerprint density at radius 2 is 2.14 bits per heavy atom. The van der Waals surface area contributed by atoms with E-state index in [1.54, 1.807) is 17.1 Å². The van der Waals surface area contributed by atoms with Crippen molar-refractivity contribution in [1.82, 2.24) is 14.7 Å². The Balaban J connectivity index is 1.77. The second kappa shape index (κ2) is 5.33. The zero-order valence-electron chi connectivity index (χ0n) is 12.2. The number of rotatable bonds is 3. The lowest BCUT2D eigenvalue weighted by Crippen LogP contribution is -2.34. The third-order valence-corrected chi connectivity index (χ3v) is 4.19. The number of benzene rings is 1. The second-order valence-electron chi connectivity index (χ2n) is 6.00. The van der Waals surface area contributed by atoms with E-state index in [0.29, 0.717) is 12.1 Å². The van der Waals surface area contributed by atoms with Gasteiger partial charge in [-0.3, -0.25) is 4.79 Å². The van der Waals surface area contributed by atoms with Crippen LogP contribution in [0.15, 0.2) is 42.7 Å². The quantitative estimate of drug-likeness (QED) is 0.932. The molecule has 2 N–H and O–H groups in total. The van der Waals surface area contributed by atoms with Gasteiger partial charge < -0.3 is 10.6 Å². The molecule has 1 aromatic heterocycles. The first-order valence-electron chi connectivity index (χ1n) is 7.21. The molecule has 1 unspecified atom stereocenters. The molecule has 2 aromatic rings. The molecule has 0 radical (unpaired) electrons. The van der Waals surface area contributed by atoms with Crippen LogP contribution in [0.1, 0.15) is 23.7 Å². The van der Waals surface area contributed by atoms with Gasteiger partial charge in [0, 0.05) is 19.3 Å². The fraction of sp³-hybridized carbons (Fsp3) is 0.375. The summed E-state index contributed by atoms with van der Waals surface area (Å²) in [7, 11) is 0. The summed E-state index contributed by atoms with van der Waals surface area (Å²) in [5, 5.41) is 4.28. The van der Waals surface area contributed by atoms with Gasteiger partial charge in [0.1, 0.15) is 0 Å². The van der Waals surface area contributed by atoms with Crippen LogP contribution in [0.2, 0.25) is 0 Å². The van der Waals surface area contributed by atoms with Crippen molar-refractivity contribution in [3.05, 3.63) is 48.3 Å². The van der Waals surface area contributed by atoms with E-state index >= 15 is 0 Å². The minimum Gasteiger partial charge on any atom is -0.338 e. The largest absolute Gasteiger partial charge is 0.338 e. The molecule has 110 valence electrons. The van der Waals surface area contributed by atoms with Crippen LogP contribution in [0.5, 0.6) is 0 Å². The van der Waals surface area contributed by atoms with E-state index in [4.69, 9.17) is 5.73 Å². The lowest BCUT2D eigenvalue weighted by molar-refractivity contribution is 0.0777. The summed E-state index contributed by atoms with van der Waals surface area (Å²) in [6.07, 6.45) is 4.38. The molecule has 3 rings (SSSR count). The van der Waals surface area contributed by atoms with Crippen molar-refractivity contribution < 1.29 is 4.79 Å². The van der Waals surface area contributed by atoms with E-state index in [1.165, 1.54) is 0 Å². The summed E-state index contributed by atoms with van der Waals surface area (Å²) in [6, 6.07) is 9.78. The second-order valence-corrected chi connectivity index (χ2v) is 6.00. The van der Waals surface area contributed by atoms with Gasteiger partial charge in [-0.2, -0.15) is 5.10 Å². The van der Waals surface area contributed by atoms with Gasteiger partial charge in [-0.1, -0.05) is 25.1 Å². The number of amides is 1. The minimum absolute atomic E-state index is 0.0364. The van der Waals surface area contributed by atoms with E-state index in [9.17, 15) is 4.79 Å². The zero-order valence-corrected chi connectivity index (χ0v) is 12.2. The van der Waals surface area contributed by atoms with Gasteiger partial charge in [0.2, 0.25) is 0 Å². The Bertz CT molecular complexity index is 637. The highest BCUT2D eigenvalue weighted by molar-refractivity contribution is 5.94. The summed E-state index contributed by atoms with van der Waals surface area (Å²) in [5.74, 6) is 0.0364. The highest BCUT2D eigenvalue weighted by atomic mass is 16.2. The molecule has 1 aromatic carbocycles. The Morgan fingerprint density at radius 1 is 1.38 bits per heavy atom. The monoisotopic (exact) mass is 284 g/mol. The third kappa shape index (κ3) is 2.69. The maximum Gasteiger partial charge on any atom is 0.257 e. The molecule has 5 nitrogen and oxygen atoms in total. The predicted octanol–water partition coefficient (Wildman–Crippen LogP) is 1.68. The van der Waals surface area contributed by atoms with Gasteiger partial charge in [0.15, 0.2) is 0 Å². The SMILES string of the molecule is CC1(CN)CCN(C(=O)c2cnn(-c3ccccc3)c2)C1. The normalized spacial score (nSPS) is 21.7. The zero-order chi connectivity index (χ0) is 14.9. The van der Waals surface area contributed by atoms with Crippen molar-refractivity contribution in [3.63, 3.8) is 0 Å². The average Bonchev–Trinajstić information content (AvgIpc) is 3.15. The number of aromatic nitrogens is 2. The van der Waals surface area contributed by atoms with E-state index in [1.807, 2.05) is 35.2 Å². The fourth-order valence-electron chi connectivity index (χ4n) is 2.70. The highest BCUT2D eigenvalue weighted by Crippen LogP contribution is 2.29. The van der Waals surface area contributed by atoms with E-state index in [0.717, 1.165) is 25.2 Å². The van der Waals surface area contributed by atoms with Gasteiger partial charge in [0.05, 0.1) is 17.4 Å². The van der Waals surface area contributed by atoms with E-state index < -0.39 is 0 Å². The van der Waals surface area contributed by atoms with Crippen molar-refractivity contribution in [2.24, 2.45) is 11.1 Å². The minimum atomic E-state index is 0.0364. The summed E-state index contributed by atoms with van der Waals surface area (Å²) >= 11 is 0. The lowest BCUT2D eigenvalue weighted by atomic mass is 9.90. The van der Waals surface area contributed by atoms with Crippen LogP contribution in [0.25, 0.3) is 5.69 Å². The summed E-state index contributed by atoms with van der Waals surface area (Å²) in [5.41, 5.74) is 7.42. The topological polar surface area (TPSA) is 64.2 Å². The first-order chi connectivity index (χ1) is 10.1. The molecule has 0 aliphatic carbocycles. The van der Waals surface area contributed by atoms with Gasteiger partial charge >= 0.3 is 0 Å². The number of likely N-dealkylation sites (tertiary alicyclic amines) is 1. The Labute approximate surface area is 124 Å². The number of carbonyl (C=O) groups is 1. The number of hydrogen-bond acceptors (Lipinski definition) is 3. The number of carbonyl (C=O) groups excluding carboxylic acids is 1. The van der Waals surface area contributed by atoms with Crippen LogP contribution >= 0.6 is 0 Å². The van der Waals surface area contributed by atoms with Gasteiger partial charge in [-0.15, -0.1) is 0 Å². The smallest absolute Gasteiger partial charge is 0.257 e. The lowest BCUT2D eigenvalue weighted by Gasteiger charge is -2.22. The Hall–Kier alpha value is -2.14. The van der Waals surface area contributed by atoms with Crippen LogP contribution in [0.4, 0.5) is 0 Å². The Morgan fingerprint density at radius 3 is 2.81 bits per heavy atom. The maximum atomic E-state index is 12.5. The van der Waals surface area contributed by atoms with Crippen LogP contribution < -0.4 is 5.73 Å². The number of hydrogen-bond donors (Lipinski definition) is 1. The maximum absolute atomic E-state index is 12.5. The molecule has 21 heavy (non-hydrogen) atoms. The molecule has 1 atom stereocenters. The highest BCUT2D eigenvalue weighted by Gasteiger charge is 2.35. The average molecular weight is 284 g/mol. The van der Waals surface area contributed by atoms with Gasteiger partial charge in [0.25, 0.3) is 5.91 Å². The molecule has 1 amide bonds. The summed E-state index contributed by atoms with van der Waals surface area (Å²) in [4.78, 5) is 14.4. The first kappa shape index (κ1) is 13.8. The predicted molar refractivity (Wildman–Crippen MR) is 81.2 cm³/mol. The summed E-state index contributed by atoms with van der Waals surface area (Å²) < 4.78 is 1.73. The standard InChI is InChI=1S/C16H20N4O/c1-16(11-17)7-8-19(12-16)15(21)13-9-18-20(10-13)14-5-3-2-4-6-14/h2-6,9-10H,7-8,11-12,17H2,1H3. The van der Waals surface area contributed by atoms with Crippen LogP contribution in [0, 0.1) is 5.41 Å². The molecule has 0 saturated carbocycles. The van der Waals surface area contributed by atoms with Crippen molar-refractivity contribution in [2.75, 3.05) is 19.6 Å². The Kier molecular flexibility index (Phi) is 3.51. The van der Waals surface area contributed by atoms with Crippen LogP contribution in [-0.2, 0) is 0 Å². The van der Waals surface area contributed by atoms with Gasteiger partial charge in [-0.25, -0.2) is 4.68 Å². The molecule has 1 saturated heterocycles. The van der Waals surface area contributed by atoms with Crippen molar-refractivity contribution in [3.8, 4) is 5.69 Å². The molecule has 1 aliphatic rings. The molecule has 0 spiro atoms. The third-order valence-electron chi connectivity index (χ3n) is 4.19. The van der Waals surface area contributed by atoms with Crippen molar-refractivity contribution in [2.45, 2.75) is 13.3 Å². The number of para-hydroxylation sites is 1. The van der Waals surface area contributed by atoms with Crippen LogP contribution in [0.3, 0.4) is 0 Å². The number of nitrogens with two attached hydrogens (primary N) is 1. The molecule has 0 bridgehead atoms. The fourth-order valence-corrected chi connectivity index (χ4v) is 2.70. The van der Waals surface area contributed by atoms with E-state index in [-0.39, 0.29) is 11.3 Å². The van der Waals surface area contributed by atoms with Crippen molar-refractivity contribution >= 4 is 5.91 Å². The van der Waals surface area contributed by atoms with E-state index in [2.05, 4.69) is 12.0 Å². The first-order valence-corrected chi connectivity index (χ1v) is 7.21. The molecular formula is C16H20N4O. The van der Waals surface area contributed by atoms with Gasteiger partial charge in [-0.05, 0) is 30.5 Å². The number of nitrogens with zero attached hydrogens (tertiary/aromatic N) is 3. The molecule has 2 heterocycles. The molecule has 5 heteroatoms. The van der Waals surface area contributed by atoms with Crippen LogP contribution in [-0.4, -0.2) is 40.2 Å².